The number of nitrogens with zero attached hydrogens (tertiary/aromatic N) is 4. The Bertz CT molecular complexity index is 1390. The van der Waals surface area contributed by atoms with Crippen LogP contribution in [0.1, 0.15) is 25.1 Å². The summed E-state index contributed by atoms with van der Waals surface area (Å²) in [4.78, 5) is 36.7. The summed E-state index contributed by atoms with van der Waals surface area (Å²) < 4.78 is 40.9. The largest absolute Gasteiger partial charge is 0.490 e. The minimum Gasteiger partial charge on any atom is -0.490 e. The van der Waals surface area contributed by atoms with Crippen LogP contribution in [0.15, 0.2) is 34.8 Å². The van der Waals surface area contributed by atoms with Gasteiger partial charge in [-0.2, -0.15) is 13.5 Å². The van der Waals surface area contributed by atoms with Crippen LogP contribution < -0.4 is 21.1 Å². The molecule has 1 aliphatic heterocycles. The molecule has 1 aromatic heterocycles. The second kappa shape index (κ2) is 13.2. The molecule has 0 saturated carbocycles. The van der Waals surface area contributed by atoms with E-state index in [2.05, 4.69) is 25.1 Å². The summed E-state index contributed by atoms with van der Waals surface area (Å²) in [6, 6.07) is 5.72. The van der Waals surface area contributed by atoms with Gasteiger partial charge in [0.05, 0.1) is 5.54 Å². The van der Waals surface area contributed by atoms with E-state index in [0.717, 1.165) is 17.9 Å². The maximum absolute atomic E-state index is 13.0. The SMILES string of the molecule is CN(C)CCNC(=N)c1ccc(OCCON=C(C(=O)N[C@@H]2C(=O)N(OS(=O)(=O)O)C2(C)C)c2csc(N)n2)cc1. The third kappa shape index (κ3) is 8.57. The molecule has 0 spiro atoms. The maximum Gasteiger partial charge on any atom is 0.418 e. The highest BCUT2D eigenvalue weighted by Gasteiger charge is 2.58. The van der Waals surface area contributed by atoms with Gasteiger partial charge in [0.1, 0.15) is 29.9 Å². The lowest BCUT2D eigenvalue weighted by atomic mass is 9.84. The smallest absolute Gasteiger partial charge is 0.418 e. The second-order valence-electron chi connectivity index (χ2n) is 9.52. The number of ether oxygens (including phenoxy) is 1. The molecule has 0 radical (unpaired) electrons. The number of carbonyl (C=O) groups excluding carboxylic acids is 2. The third-order valence-electron chi connectivity index (χ3n) is 5.70. The number of nitrogen functional groups attached to an aromatic ring is 1. The van der Waals surface area contributed by atoms with E-state index in [-0.39, 0.29) is 29.8 Å². The van der Waals surface area contributed by atoms with Crippen LogP contribution in [0, 0.1) is 5.41 Å². The molecule has 0 aliphatic carbocycles. The van der Waals surface area contributed by atoms with E-state index in [4.69, 9.17) is 25.3 Å². The lowest BCUT2D eigenvalue weighted by molar-refractivity contribution is -0.218. The molecular weight excluding hydrogens is 580 g/mol. The summed E-state index contributed by atoms with van der Waals surface area (Å²) in [5.41, 5.74) is 4.89. The number of nitrogens with two attached hydrogens (primary N) is 1. The van der Waals surface area contributed by atoms with Crippen molar-refractivity contribution in [2.45, 2.75) is 25.4 Å². The standard InChI is InChI=1S/C23H32N8O8S2/c1-23(2)18(21(33)31(23)39-41(34,35)36)28-20(32)17(16-13-40-22(25)27-16)29-38-12-11-37-15-7-5-14(6-8-15)19(24)26-9-10-30(3)4/h5-8,13,18H,9-12H2,1-4H3,(H2,24,26)(H2,25,27)(H,28,32)(H,34,35,36)/t18-/m1/s1. The number of nitrogens with one attached hydrogen (secondary N) is 3. The fraction of sp³-hybridized carbons (Fsp3) is 0.435. The molecule has 0 unspecified atom stereocenters. The number of amidine groups is 1. The van der Waals surface area contributed by atoms with E-state index in [1.54, 1.807) is 24.3 Å². The Hall–Kier alpha value is -3.84. The number of thiazole rings is 1. The molecular formula is C23H32N8O8S2. The first kappa shape index (κ1) is 31.7. The number of benzene rings is 1. The summed E-state index contributed by atoms with van der Waals surface area (Å²) in [6.07, 6.45) is 0. The molecule has 1 fully saturated rings. The van der Waals surface area contributed by atoms with Crippen molar-refractivity contribution in [2.24, 2.45) is 5.16 Å². The summed E-state index contributed by atoms with van der Waals surface area (Å²) in [5, 5.41) is 19.5. The van der Waals surface area contributed by atoms with E-state index in [9.17, 15) is 18.0 Å². The van der Waals surface area contributed by atoms with E-state index >= 15 is 0 Å². The fourth-order valence-electron chi connectivity index (χ4n) is 3.55. The average Bonchev–Trinajstić information content (AvgIpc) is 3.32. The monoisotopic (exact) mass is 612 g/mol. The zero-order valence-electron chi connectivity index (χ0n) is 22.8. The first-order valence-corrected chi connectivity index (χ1v) is 14.4. The number of hydroxylamine groups is 2. The molecule has 2 heterocycles. The second-order valence-corrected chi connectivity index (χ2v) is 11.4. The molecule has 1 saturated heterocycles. The Balaban J connectivity index is 1.56. The van der Waals surface area contributed by atoms with Gasteiger partial charge in [-0.05, 0) is 52.2 Å². The Morgan fingerprint density at radius 3 is 2.54 bits per heavy atom. The predicted molar refractivity (Wildman–Crippen MR) is 150 cm³/mol. The van der Waals surface area contributed by atoms with Crippen molar-refractivity contribution in [2.75, 3.05) is 46.1 Å². The molecule has 1 aromatic carbocycles. The van der Waals surface area contributed by atoms with Gasteiger partial charge in [-0.3, -0.25) is 19.6 Å². The lowest BCUT2D eigenvalue weighted by Gasteiger charge is -2.50. The van der Waals surface area contributed by atoms with Crippen molar-refractivity contribution in [3.8, 4) is 5.75 Å². The Kier molecular flexibility index (Phi) is 10.2. The highest BCUT2D eigenvalue weighted by atomic mass is 32.3. The molecule has 18 heteroatoms. The van der Waals surface area contributed by atoms with Crippen LogP contribution in [-0.4, -0.2) is 103 Å². The third-order valence-corrected chi connectivity index (χ3v) is 6.72. The Morgan fingerprint density at radius 1 is 1.29 bits per heavy atom. The van der Waals surface area contributed by atoms with E-state index in [1.807, 2.05) is 19.0 Å². The Morgan fingerprint density at radius 2 is 1.98 bits per heavy atom. The van der Waals surface area contributed by atoms with Crippen molar-refractivity contribution in [1.82, 2.24) is 25.6 Å². The summed E-state index contributed by atoms with van der Waals surface area (Å²) in [5.74, 6) is -0.908. The van der Waals surface area contributed by atoms with Gasteiger partial charge in [-0.25, -0.2) is 4.98 Å². The summed E-state index contributed by atoms with van der Waals surface area (Å²) >= 11 is 1.06. The van der Waals surface area contributed by atoms with Crippen LogP contribution in [0.3, 0.4) is 0 Å². The van der Waals surface area contributed by atoms with Gasteiger partial charge in [-0.15, -0.1) is 15.6 Å². The summed E-state index contributed by atoms with van der Waals surface area (Å²) in [7, 11) is -1.04. The number of anilines is 1. The van der Waals surface area contributed by atoms with Crippen LogP contribution in [0.5, 0.6) is 5.75 Å². The molecule has 41 heavy (non-hydrogen) atoms. The van der Waals surface area contributed by atoms with Crippen molar-refractivity contribution in [3.05, 3.63) is 40.9 Å². The first-order chi connectivity index (χ1) is 19.2. The van der Waals surface area contributed by atoms with Gasteiger partial charge in [-0.1, -0.05) is 5.16 Å². The number of rotatable bonds is 14. The molecule has 16 nitrogen and oxygen atoms in total. The van der Waals surface area contributed by atoms with Gasteiger partial charge in [0, 0.05) is 24.0 Å². The Labute approximate surface area is 240 Å². The first-order valence-electron chi connectivity index (χ1n) is 12.1. The number of aromatic nitrogens is 1. The number of carbonyl (C=O) groups is 2. The molecule has 0 bridgehead atoms. The quantitative estimate of drug-likeness (QED) is 0.0469. The van der Waals surface area contributed by atoms with Crippen LogP contribution in [0.25, 0.3) is 0 Å². The lowest BCUT2D eigenvalue weighted by Crippen LogP contribution is -2.76. The number of hydrogen-bond acceptors (Lipinski definition) is 13. The summed E-state index contributed by atoms with van der Waals surface area (Å²) in [6.45, 7) is 4.31. The normalized spacial score (nSPS) is 16.7. The van der Waals surface area contributed by atoms with Crippen LogP contribution in [0.2, 0.25) is 0 Å². The molecule has 1 aliphatic rings. The number of oxime groups is 1. The zero-order chi connectivity index (χ0) is 30.4. The average molecular weight is 613 g/mol. The van der Waals surface area contributed by atoms with Crippen molar-refractivity contribution in [1.29, 1.82) is 5.41 Å². The predicted octanol–water partition coefficient (Wildman–Crippen LogP) is -0.158. The van der Waals surface area contributed by atoms with Gasteiger partial charge in [0.25, 0.3) is 11.8 Å². The van der Waals surface area contributed by atoms with Gasteiger partial charge in [0.15, 0.2) is 17.5 Å². The van der Waals surface area contributed by atoms with Crippen LogP contribution >= 0.6 is 11.3 Å². The fourth-order valence-corrected chi connectivity index (χ4v) is 4.55. The van der Waals surface area contributed by atoms with E-state index in [0.29, 0.717) is 28.8 Å². The van der Waals surface area contributed by atoms with E-state index in [1.165, 1.54) is 19.2 Å². The topological polar surface area (TPSA) is 222 Å². The molecule has 1 atom stereocenters. The molecule has 2 aromatic rings. The maximum atomic E-state index is 13.0. The van der Waals surface area contributed by atoms with Crippen molar-refractivity contribution < 1.29 is 36.4 Å². The molecule has 3 rings (SSSR count). The van der Waals surface area contributed by atoms with Gasteiger partial charge in [0.2, 0.25) is 0 Å². The highest BCUT2D eigenvalue weighted by molar-refractivity contribution is 7.80. The highest BCUT2D eigenvalue weighted by Crippen LogP contribution is 2.33. The number of β-lactam (4-membered cyclic amide) rings is 1. The van der Waals surface area contributed by atoms with Gasteiger partial charge < -0.3 is 30.8 Å². The number of amides is 2. The molecule has 224 valence electrons. The minimum atomic E-state index is -4.95. The van der Waals surface area contributed by atoms with Crippen molar-refractivity contribution in [3.63, 3.8) is 0 Å². The molecule has 2 amide bonds. The number of hydrogen-bond donors (Lipinski definition) is 5. The zero-order valence-corrected chi connectivity index (χ0v) is 24.4. The van der Waals surface area contributed by atoms with Gasteiger partial charge >= 0.3 is 10.4 Å². The van der Waals surface area contributed by atoms with Crippen LogP contribution in [0.4, 0.5) is 5.13 Å². The van der Waals surface area contributed by atoms with E-state index < -0.39 is 33.8 Å². The minimum absolute atomic E-state index is 0.0517. The van der Waals surface area contributed by atoms with Crippen molar-refractivity contribution >= 4 is 50.2 Å². The van der Waals surface area contributed by atoms with Crippen LogP contribution in [-0.2, 0) is 29.1 Å². The number of likely N-dealkylation sites (N-methyl/N-ethyl adjacent to an activating group) is 1. The molecule has 6 N–H and O–H groups in total.